The van der Waals surface area contributed by atoms with Crippen LogP contribution in [0.1, 0.15) is 16.1 Å². The molecule has 0 spiro atoms. The van der Waals surface area contributed by atoms with Crippen LogP contribution >= 0.6 is 23.8 Å². The Kier molecular flexibility index (Phi) is 6.75. The van der Waals surface area contributed by atoms with Gasteiger partial charge in [-0.05, 0) is 43.4 Å². The van der Waals surface area contributed by atoms with Crippen LogP contribution in [0.2, 0.25) is 5.02 Å². The number of hydrogen-bond donors (Lipinski definition) is 2. The van der Waals surface area contributed by atoms with Crippen molar-refractivity contribution >= 4 is 50.8 Å². The molecule has 2 heterocycles. The number of benzene rings is 1. The Balaban J connectivity index is 1.76. The van der Waals surface area contributed by atoms with Gasteiger partial charge >= 0.3 is 0 Å². The van der Waals surface area contributed by atoms with Gasteiger partial charge in [0.2, 0.25) is 16.0 Å². The highest BCUT2D eigenvalue weighted by Gasteiger charge is 2.29. The number of amides is 1. The molecule has 0 aliphatic carbocycles. The van der Waals surface area contributed by atoms with Crippen molar-refractivity contribution in [2.24, 2.45) is 0 Å². The molecule has 1 amide bonds. The second kappa shape index (κ2) is 9.09. The molecule has 3 rings (SSSR count). The van der Waals surface area contributed by atoms with Crippen LogP contribution in [0.4, 0.5) is 5.95 Å². The second-order valence-electron chi connectivity index (χ2n) is 6.09. The lowest BCUT2D eigenvalue weighted by Gasteiger charge is -2.26. The molecular formula is C17H18ClN5O4S2. The minimum absolute atomic E-state index is 0.0202. The van der Waals surface area contributed by atoms with E-state index >= 15 is 0 Å². The lowest BCUT2D eigenvalue weighted by molar-refractivity contribution is 0.0730. The minimum Gasteiger partial charge on any atom is -0.379 e. The SMILES string of the molecule is Cc1ccnc(NC(=S)NC(=O)c2ccc(Cl)c(S(=O)(=O)N3CCOCC3)c2)n1. The molecule has 154 valence electrons. The first kappa shape index (κ1) is 21.5. The molecule has 29 heavy (non-hydrogen) atoms. The van der Waals surface area contributed by atoms with Crippen LogP contribution in [0, 0.1) is 6.92 Å². The molecule has 0 saturated carbocycles. The standard InChI is InChI=1S/C17H18ClN5O4S2/c1-11-4-5-19-16(20-11)22-17(28)21-15(24)12-2-3-13(18)14(10-12)29(25,26)23-6-8-27-9-7-23/h2-5,10H,6-9H2,1H3,(H2,19,20,21,22,24,28). The Bertz CT molecular complexity index is 1040. The Labute approximate surface area is 178 Å². The Morgan fingerprint density at radius 1 is 1.28 bits per heavy atom. The second-order valence-corrected chi connectivity index (χ2v) is 8.81. The number of carbonyl (C=O) groups is 1. The molecule has 12 heteroatoms. The van der Waals surface area contributed by atoms with Crippen molar-refractivity contribution in [3.8, 4) is 0 Å². The molecule has 1 aromatic carbocycles. The Morgan fingerprint density at radius 3 is 2.69 bits per heavy atom. The third kappa shape index (κ3) is 5.25. The van der Waals surface area contributed by atoms with Gasteiger partial charge < -0.3 is 10.1 Å². The summed E-state index contributed by atoms with van der Waals surface area (Å²) in [4.78, 5) is 20.5. The Morgan fingerprint density at radius 2 is 2.00 bits per heavy atom. The van der Waals surface area contributed by atoms with Gasteiger partial charge in [0, 0.05) is 30.5 Å². The van der Waals surface area contributed by atoms with E-state index < -0.39 is 15.9 Å². The average molecular weight is 456 g/mol. The highest BCUT2D eigenvalue weighted by molar-refractivity contribution is 7.89. The summed E-state index contributed by atoms with van der Waals surface area (Å²) in [5.41, 5.74) is 0.822. The fourth-order valence-electron chi connectivity index (χ4n) is 2.59. The van der Waals surface area contributed by atoms with E-state index in [1.165, 1.54) is 22.5 Å². The summed E-state index contributed by atoms with van der Waals surface area (Å²) < 4.78 is 32.2. The Hall–Kier alpha value is -2.18. The minimum atomic E-state index is -3.86. The maximum atomic E-state index is 12.9. The number of carbonyl (C=O) groups excluding carboxylic acids is 1. The van der Waals surface area contributed by atoms with E-state index in [4.69, 9.17) is 28.6 Å². The van der Waals surface area contributed by atoms with E-state index in [1.807, 2.05) is 0 Å². The molecule has 2 aromatic rings. The maximum absolute atomic E-state index is 12.9. The molecule has 1 saturated heterocycles. The fourth-order valence-corrected chi connectivity index (χ4v) is 4.68. The van der Waals surface area contributed by atoms with Gasteiger partial charge in [-0.25, -0.2) is 18.4 Å². The molecular weight excluding hydrogens is 438 g/mol. The number of aryl methyl sites for hydroxylation is 1. The molecule has 0 unspecified atom stereocenters. The number of nitrogens with zero attached hydrogens (tertiary/aromatic N) is 3. The summed E-state index contributed by atoms with van der Waals surface area (Å²) in [6.07, 6.45) is 1.55. The number of nitrogens with one attached hydrogen (secondary N) is 2. The number of sulfonamides is 1. The summed E-state index contributed by atoms with van der Waals surface area (Å²) in [6.45, 7) is 2.84. The monoisotopic (exact) mass is 455 g/mol. The number of rotatable bonds is 4. The summed E-state index contributed by atoms with van der Waals surface area (Å²) in [5.74, 6) is -0.354. The lowest BCUT2D eigenvalue weighted by atomic mass is 10.2. The van der Waals surface area contributed by atoms with Crippen LogP contribution < -0.4 is 10.6 Å². The van der Waals surface area contributed by atoms with Gasteiger partial charge in [0.1, 0.15) is 4.90 Å². The fraction of sp³-hybridized carbons (Fsp3) is 0.294. The van der Waals surface area contributed by atoms with Crippen LogP contribution in [0.3, 0.4) is 0 Å². The quantitative estimate of drug-likeness (QED) is 0.668. The highest BCUT2D eigenvalue weighted by Crippen LogP contribution is 2.26. The van der Waals surface area contributed by atoms with E-state index in [2.05, 4.69) is 20.6 Å². The topological polar surface area (TPSA) is 114 Å². The van der Waals surface area contributed by atoms with Gasteiger partial charge in [-0.1, -0.05) is 11.6 Å². The van der Waals surface area contributed by atoms with Crippen molar-refractivity contribution in [2.75, 3.05) is 31.6 Å². The molecule has 1 fully saturated rings. The zero-order valence-electron chi connectivity index (χ0n) is 15.4. The largest absolute Gasteiger partial charge is 0.379 e. The van der Waals surface area contributed by atoms with Gasteiger partial charge in [-0.3, -0.25) is 10.1 Å². The summed E-state index contributed by atoms with van der Waals surface area (Å²) in [5, 5.41) is 5.18. The van der Waals surface area contributed by atoms with Crippen LogP contribution in [0.15, 0.2) is 35.4 Å². The van der Waals surface area contributed by atoms with Crippen molar-refractivity contribution in [2.45, 2.75) is 11.8 Å². The number of morpholine rings is 1. The smallest absolute Gasteiger partial charge is 0.257 e. The summed E-state index contributed by atoms with van der Waals surface area (Å²) in [6, 6.07) is 5.73. The zero-order valence-corrected chi connectivity index (χ0v) is 17.8. The van der Waals surface area contributed by atoms with E-state index in [-0.39, 0.29) is 39.6 Å². The summed E-state index contributed by atoms with van der Waals surface area (Å²) in [7, 11) is -3.86. The van der Waals surface area contributed by atoms with Gasteiger partial charge in [0.25, 0.3) is 5.91 Å². The molecule has 1 aliphatic heterocycles. The number of thiocarbonyl (C=S) groups is 1. The van der Waals surface area contributed by atoms with Crippen molar-refractivity contribution < 1.29 is 17.9 Å². The highest BCUT2D eigenvalue weighted by atomic mass is 35.5. The third-order valence-corrected chi connectivity index (χ3v) is 6.61. The molecule has 1 aromatic heterocycles. The van der Waals surface area contributed by atoms with Crippen LogP contribution in [0.25, 0.3) is 0 Å². The molecule has 0 bridgehead atoms. The zero-order chi connectivity index (χ0) is 21.0. The predicted octanol–water partition coefficient (Wildman–Crippen LogP) is 1.59. The van der Waals surface area contributed by atoms with Crippen LogP contribution in [0.5, 0.6) is 0 Å². The number of hydrogen-bond acceptors (Lipinski definition) is 7. The van der Waals surface area contributed by atoms with Crippen LogP contribution in [-0.4, -0.2) is 60.0 Å². The first-order valence-corrected chi connectivity index (χ1v) is 10.8. The molecule has 1 aliphatic rings. The predicted molar refractivity (Wildman–Crippen MR) is 111 cm³/mol. The van der Waals surface area contributed by atoms with E-state index in [0.29, 0.717) is 13.2 Å². The normalized spacial score (nSPS) is 15.0. The molecule has 0 atom stereocenters. The lowest BCUT2D eigenvalue weighted by Crippen LogP contribution is -2.40. The van der Waals surface area contributed by atoms with E-state index in [9.17, 15) is 13.2 Å². The molecule has 0 radical (unpaired) electrons. The van der Waals surface area contributed by atoms with Gasteiger partial charge in [0.05, 0.1) is 18.2 Å². The number of anilines is 1. The number of ether oxygens (including phenoxy) is 1. The maximum Gasteiger partial charge on any atom is 0.257 e. The van der Waals surface area contributed by atoms with E-state index in [1.54, 1.807) is 19.2 Å². The van der Waals surface area contributed by atoms with Crippen molar-refractivity contribution in [3.63, 3.8) is 0 Å². The van der Waals surface area contributed by atoms with Crippen molar-refractivity contribution in [1.29, 1.82) is 0 Å². The van der Waals surface area contributed by atoms with Crippen molar-refractivity contribution in [3.05, 3.63) is 46.7 Å². The van der Waals surface area contributed by atoms with Gasteiger partial charge in [-0.15, -0.1) is 0 Å². The van der Waals surface area contributed by atoms with Crippen molar-refractivity contribution in [1.82, 2.24) is 19.6 Å². The van der Waals surface area contributed by atoms with Crippen LogP contribution in [-0.2, 0) is 14.8 Å². The first-order valence-electron chi connectivity index (χ1n) is 8.57. The average Bonchev–Trinajstić information content (AvgIpc) is 2.68. The van der Waals surface area contributed by atoms with E-state index in [0.717, 1.165) is 5.69 Å². The number of halogens is 1. The van der Waals surface area contributed by atoms with Gasteiger partial charge in [-0.2, -0.15) is 4.31 Å². The molecule has 9 nitrogen and oxygen atoms in total. The third-order valence-electron chi connectivity index (χ3n) is 4.03. The number of aromatic nitrogens is 2. The first-order chi connectivity index (χ1) is 13.8. The summed E-state index contributed by atoms with van der Waals surface area (Å²) >= 11 is 11.2. The van der Waals surface area contributed by atoms with Gasteiger partial charge in [0.15, 0.2) is 5.11 Å². The molecule has 2 N–H and O–H groups in total.